The number of aromatic nitrogens is 1. The Morgan fingerprint density at radius 2 is 2.15 bits per heavy atom. The molecule has 1 N–H and O–H groups in total. The third-order valence-electron chi connectivity index (χ3n) is 4.22. The van der Waals surface area contributed by atoms with Gasteiger partial charge in [-0.2, -0.15) is 0 Å². The van der Waals surface area contributed by atoms with Gasteiger partial charge in [0, 0.05) is 22.5 Å². The number of para-hydroxylation sites is 1. The topological polar surface area (TPSA) is 34.4 Å². The lowest BCUT2D eigenvalue weighted by Crippen LogP contribution is -2.13. The van der Waals surface area contributed by atoms with E-state index in [4.69, 9.17) is 4.74 Å². The number of nitrogens with zero attached hydrogens (tertiary/aromatic N) is 1. The molecule has 1 heterocycles. The molecule has 1 aromatic heterocycles. The Morgan fingerprint density at radius 1 is 1.35 bits per heavy atom. The number of aliphatic hydroxyl groups excluding tert-OH is 1. The Balaban J connectivity index is 1.99. The van der Waals surface area contributed by atoms with Crippen LogP contribution in [0.1, 0.15) is 41.5 Å². The minimum absolute atomic E-state index is 0.295. The van der Waals surface area contributed by atoms with Gasteiger partial charge in [0.2, 0.25) is 0 Å². The van der Waals surface area contributed by atoms with E-state index >= 15 is 0 Å². The van der Waals surface area contributed by atoms with Crippen molar-refractivity contribution in [2.45, 2.75) is 38.8 Å². The highest BCUT2D eigenvalue weighted by molar-refractivity contribution is 5.37. The van der Waals surface area contributed by atoms with Crippen molar-refractivity contribution in [3.05, 3.63) is 52.8 Å². The van der Waals surface area contributed by atoms with Crippen LogP contribution in [-0.4, -0.2) is 16.8 Å². The molecule has 0 amide bonds. The first kappa shape index (κ1) is 13.3. The highest BCUT2D eigenvalue weighted by Crippen LogP contribution is 2.33. The molecule has 1 aliphatic rings. The van der Waals surface area contributed by atoms with Crippen molar-refractivity contribution in [2.75, 3.05) is 7.11 Å². The Hall–Kier alpha value is -1.74. The van der Waals surface area contributed by atoms with Crippen LogP contribution in [0.3, 0.4) is 0 Å². The minimum atomic E-state index is -0.295. The fourth-order valence-corrected chi connectivity index (χ4v) is 3.17. The highest BCUT2D eigenvalue weighted by Gasteiger charge is 2.23. The lowest BCUT2D eigenvalue weighted by molar-refractivity contribution is 0.155. The number of fused-ring (bicyclic) bond motifs is 1. The first-order chi connectivity index (χ1) is 9.70. The minimum Gasteiger partial charge on any atom is -0.496 e. The molecule has 0 spiro atoms. The maximum Gasteiger partial charge on any atom is 0.123 e. The molecule has 1 unspecified atom stereocenters. The fraction of sp³-hybridized carbons (Fsp3) is 0.412. The Morgan fingerprint density at radius 3 is 2.95 bits per heavy atom. The van der Waals surface area contributed by atoms with Gasteiger partial charge in [0.25, 0.3) is 0 Å². The van der Waals surface area contributed by atoms with Crippen molar-refractivity contribution in [1.29, 1.82) is 0 Å². The van der Waals surface area contributed by atoms with Crippen LogP contribution < -0.4 is 4.74 Å². The van der Waals surface area contributed by atoms with E-state index in [9.17, 15) is 5.11 Å². The van der Waals surface area contributed by atoms with Gasteiger partial charge < -0.3 is 14.4 Å². The van der Waals surface area contributed by atoms with Crippen LogP contribution >= 0.6 is 0 Å². The van der Waals surface area contributed by atoms with Gasteiger partial charge in [0.05, 0.1) is 19.8 Å². The van der Waals surface area contributed by atoms with E-state index in [1.165, 1.54) is 17.0 Å². The standard InChI is InChI=1S/C17H21NO2/c1-12-10-14-15(7-5-8-16(14)19)18(12)11-13-6-3-4-9-17(13)20-2/h3-4,6,9-10,16,19H,5,7-8,11H2,1-2H3. The molecule has 0 bridgehead atoms. The van der Waals surface area contributed by atoms with Gasteiger partial charge >= 0.3 is 0 Å². The number of rotatable bonds is 3. The molecule has 3 heteroatoms. The summed E-state index contributed by atoms with van der Waals surface area (Å²) in [4.78, 5) is 0. The second-order valence-corrected chi connectivity index (χ2v) is 5.49. The Labute approximate surface area is 119 Å². The van der Waals surface area contributed by atoms with Gasteiger partial charge in [-0.05, 0) is 38.3 Å². The first-order valence-electron chi connectivity index (χ1n) is 7.19. The zero-order chi connectivity index (χ0) is 14.1. The van der Waals surface area contributed by atoms with Crippen LogP contribution in [-0.2, 0) is 13.0 Å². The van der Waals surface area contributed by atoms with E-state index in [0.717, 1.165) is 37.1 Å². The zero-order valence-electron chi connectivity index (χ0n) is 12.1. The van der Waals surface area contributed by atoms with E-state index in [1.54, 1.807) is 7.11 Å². The summed E-state index contributed by atoms with van der Waals surface area (Å²) in [7, 11) is 1.71. The third kappa shape index (κ3) is 2.22. The summed E-state index contributed by atoms with van der Waals surface area (Å²) in [6.45, 7) is 2.92. The number of ether oxygens (including phenoxy) is 1. The number of methoxy groups -OCH3 is 1. The summed E-state index contributed by atoms with van der Waals surface area (Å²) in [5.74, 6) is 0.922. The molecule has 3 nitrogen and oxygen atoms in total. The van der Waals surface area contributed by atoms with Crippen molar-refractivity contribution in [3.8, 4) is 5.75 Å². The van der Waals surface area contributed by atoms with Crippen LogP contribution in [0, 0.1) is 6.92 Å². The van der Waals surface area contributed by atoms with Crippen molar-refractivity contribution in [1.82, 2.24) is 4.57 Å². The largest absolute Gasteiger partial charge is 0.496 e. The molecular formula is C17H21NO2. The normalized spacial score (nSPS) is 17.9. The van der Waals surface area contributed by atoms with Gasteiger partial charge in [-0.25, -0.2) is 0 Å². The van der Waals surface area contributed by atoms with E-state index in [0.29, 0.717) is 0 Å². The van der Waals surface area contributed by atoms with Crippen molar-refractivity contribution in [3.63, 3.8) is 0 Å². The van der Waals surface area contributed by atoms with Gasteiger partial charge in [0.1, 0.15) is 5.75 Å². The molecule has 1 aromatic carbocycles. The predicted octanol–water partition coefficient (Wildman–Crippen LogP) is 3.22. The third-order valence-corrected chi connectivity index (χ3v) is 4.22. The second kappa shape index (κ2) is 5.33. The number of benzene rings is 1. The van der Waals surface area contributed by atoms with Crippen LogP contribution in [0.15, 0.2) is 30.3 Å². The van der Waals surface area contributed by atoms with Gasteiger partial charge in [0.15, 0.2) is 0 Å². The molecule has 0 aliphatic heterocycles. The van der Waals surface area contributed by atoms with E-state index in [2.05, 4.69) is 23.6 Å². The number of hydrogen-bond acceptors (Lipinski definition) is 2. The quantitative estimate of drug-likeness (QED) is 0.930. The summed E-state index contributed by atoms with van der Waals surface area (Å²) in [6.07, 6.45) is 2.70. The molecule has 3 rings (SSSR count). The molecular weight excluding hydrogens is 250 g/mol. The first-order valence-corrected chi connectivity index (χ1v) is 7.19. The number of aliphatic hydroxyl groups is 1. The predicted molar refractivity (Wildman–Crippen MR) is 79.2 cm³/mol. The highest BCUT2D eigenvalue weighted by atomic mass is 16.5. The molecule has 1 aliphatic carbocycles. The molecule has 106 valence electrons. The summed E-state index contributed by atoms with van der Waals surface area (Å²) < 4.78 is 7.75. The second-order valence-electron chi connectivity index (χ2n) is 5.49. The lowest BCUT2D eigenvalue weighted by Gasteiger charge is -2.21. The smallest absolute Gasteiger partial charge is 0.123 e. The molecule has 2 aromatic rings. The molecule has 0 fully saturated rings. The maximum atomic E-state index is 10.1. The molecule has 0 radical (unpaired) electrons. The number of aryl methyl sites for hydroxylation is 1. The molecule has 0 saturated carbocycles. The van der Waals surface area contributed by atoms with Gasteiger partial charge in [-0.15, -0.1) is 0 Å². The molecule has 0 saturated heterocycles. The van der Waals surface area contributed by atoms with Gasteiger partial charge in [-0.3, -0.25) is 0 Å². The summed E-state index contributed by atoms with van der Waals surface area (Å²) in [6, 6.07) is 10.3. The summed E-state index contributed by atoms with van der Waals surface area (Å²) >= 11 is 0. The zero-order valence-corrected chi connectivity index (χ0v) is 12.1. The summed E-state index contributed by atoms with van der Waals surface area (Å²) in [5.41, 5.74) is 4.79. The molecule has 20 heavy (non-hydrogen) atoms. The van der Waals surface area contributed by atoms with Crippen LogP contribution in [0.4, 0.5) is 0 Å². The van der Waals surface area contributed by atoms with Crippen molar-refractivity contribution < 1.29 is 9.84 Å². The maximum absolute atomic E-state index is 10.1. The van der Waals surface area contributed by atoms with E-state index in [-0.39, 0.29) is 6.10 Å². The van der Waals surface area contributed by atoms with E-state index < -0.39 is 0 Å². The Kier molecular flexibility index (Phi) is 3.53. The van der Waals surface area contributed by atoms with E-state index in [1.807, 2.05) is 18.2 Å². The van der Waals surface area contributed by atoms with Crippen LogP contribution in [0.25, 0.3) is 0 Å². The monoisotopic (exact) mass is 271 g/mol. The van der Waals surface area contributed by atoms with Gasteiger partial charge in [-0.1, -0.05) is 18.2 Å². The van der Waals surface area contributed by atoms with Crippen molar-refractivity contribution >= 4 is 0 Å². The van der Waals surface area contributed by atoms with Crippen LogP contribution in [0.5, 0.6) is 5.75 Å². The summed E-state index contributed by atoms with van der Waals surface area (Å²) in [5, 5.41) is 10.1. The fourth-order valence-electron chi connectivity index (χ4n) is 3.17. The average molecular weight is 271 g/mol. The SMILES string of the molecule is COc1ccccc1Cn1c(C)cc2c1CCCC2O. The average Bonchev–Trinajstić information content (AvgIpc) is 2.78. The van der Waals surface area contributed by atoms with Crippen molar-refractivity contribution in [2.24, 2.45) is 0 Å². The lowest BCUT2D eigenvalue weighted by atomic mass is 9.95. The number of hydrogen-bond donors (Lipinski definition) is 1. The van der Waals surface area contributed by atoms with Crippen LogP contribution in [0.2, 0.25) is 0 Å². The molecule has 1 atom stereocenters. The Bertz CT molecular complexity index is 615.